The first kappa shape index (κ1) is 17.6. The van der Waals surface area contributed by atoms with Gasteiger partial charge in [0.1, 0.15) is 5.01 Å². The topological polar surface area (TPSA) is 37.4 Å². The summed E-state index contributed by atoms with van der Waals surface area (Å²) in [5.41, 5.74) is 1.04. The fourth-order valence-corrected chi connectivity index (χ4v) is 2.94. The van der Waals surface area contributed by atoms with Gasteiger partial charge in [0.15, 0.2) is 0 Å². The molecule has 0 fully saturated rings. The van der Waals surface area contributed by atoms with Gasteiger partial charge in [0.05, 0.1) is 18.9 Å². The number of nitrogens with zero attached hydrogens (tertiary/aromatic N) is 2. The van der Waals surface area contributed by atoms with E-state index in [0.717, 1.165) is 36.9 Å². The second-order valence-electron chi connectivity index (χ2n) is 5.49. The van der Waals surface area contributed by atoms with Crippen molar-refractivity contribution in [1.29, 1.82) is 0 Å². The Labute approximate surface area is 127 Å². The highest BCUT2D eigenvalue weighted by molar-refractivity contribution is 7.09. The number of aromatic nitrogens is 1. The first-order valence-electron chi connectivity index (χ1n) is 7.52. The van der Waals surface area contributed by atoms with Crippen LogP contribution in [0.25, 0.3) is 0 Å². The van der Waals surface area contributed by atoms with Crippen LogP contribution in [0.2, 0.25) is 0 Å². The van der Waals surface area contributed by atoms with E-state index in [1.54, 1.807) is 11.3 Å². The number of rotatable bonds is 10. The highest BCUT2D eigenvalue weighted by atomic mass is 32.1. The predicted octanol–water partition coefficient (Wildman–Crippen LogP) is 2.89. The zero-order valence-corrected chi connectivity index (χ0v) is 14.3. The zero-order valence-electron chi connectivity index (χ0n) is 13.5. The molecule has 0 bridgehead atoms. The van der Waals surface area contributed by atoms with Gasteiger partial charge in [-0.2, -0.15) is 0 Å². The van der Waals surface area contributed by atoms with Crippen molar-refractivity contribution in [2.45, 2.75) is 59.9 Å². The van der Waals surface area contributed by atoms with E-state index < -0.39 is 0 Å². The van der Waals surface area contributed by atoms with Crippen molar-refractivity contribution in [2.24, 2.45) is 0 Å². The second-order valence-corrected chi connectivity index (χ2v) is 6.43. The Bertz CT molecular complexity index is 358. The highest BCUT2D eigenvalue weighted by Gasteiger charge is 2.12. The van der Waals surface area contributed by atoms with Crippen molar-refractivity contribution >= 4 is 11.3 Å². The van der Waals surface area contributed by atoms with Gasteiger partial charge in [-0.3, -0.25) is 4.90 Å². The molecular formula is C15H29N3OS. The maximum Gasteiger partial charge on any atom is 0.107 e. The summed E-state index contributed by atoms with van der Waals surface area (Å²) in [7, 11) is 0. The number of hydrogen-bond donors (Lipinski definition) is 1. The van der Waals surface area contributed by atoms with Crippen molar-refractivity contribution in [3.8, 4) is 0 Å². The molecule has 0 aliphatic rings. The van der Waals surface area contributed by atoms with Crippen molar-refractivity contribution in [1.82, 2.24) is 15.2 Å². The lowest BCUT2D eigenvalue weighted by Gasteiger charge is -2.30. The minimum Gasteiger partial charge on any atom is -0.374 e. The smallest absolute Gasteiger partial charge is 0.107 e. The van der Waals surface area contributed by atoms with Crippen LogP contribution in [0.15, 0.2) is 5.38 Å². The second kappa shape index (κ2) is 9.45. The maximum atomic E-state index is 5.75. The third kappa shape index (κ3) is 6.31. The molecule has 5 heteroatoms. The van der Waals surface area contributed by atoms with Crippen LogP contribution < -0.4 is 5.32 Å². The van der Waals surface area contributed by atoms with E-state index in [9.17, 15) is 0 Å². The summed E-state index contributed by atoms with van der Waals surface area (Å²) in [5.74, 6) is 0. The van der Waals surface area contributed by atoms with Gasteiger partial charge >= 0.3 is 0 Å². The lowest BCUT2D eigenvalue weighted by molar-refractivity contribution is 0.0687. The third-order valence-corrected chi connectivity index (χ3v) is 4.09. The standard InChI is InChI=1S/C15H29N3OS/c1-6-16-9-15-17-14(11-20-15)10-19-8-7-18(12(2)3)13(4)5/h11-13,16H,6-10H2,1-5H3. The number of nitrogens with one attached hydrogen (secondary N) is 1. The minimum atomic E-state index is 0.560. The average Bonchev–Trinajstić information content (AvgIpc) is 2.83. The molecular weight excluding hydrogens is 270 g/mol. The molecule has 0 aromatic carbocycles. The lowest BCUT2D eigenvalue weighted by Crippen LogP contribution is -2.39. The first-order chi connectivity index (χ1) is 9.54. The number of thiazole rings is 1. The molecule has 0 spiro atoms. The third-order valence-electron chi connectivity index (χ3n) is 3.20. The average molecular weight is 299 g/mol. The van der Waals surface area contributed by atoms with Crippen LogP contribution in [0.4, 0.5) is 0 Å². The summed E-state index contributed by atoms with van der Waals surface area (Å²) in [6, 6.07) is 1.12. The molecule has 4 nitrogen and oxygen atoms in total. The van der Waals surface area contributed by atoms with Crippen LogP contribution in [-0.4, -0.2) is 41.7 Å². The summed E-state index contributed by atoms with van der Waals surface area (Å²) < 4.78 is 5.75. The molecule has 0 saturated heterocycles. The van der Waals surface area contributed by atoms with E-state index in [1.807, 2.05) is 0 Å². The van der Waals surface area contributed by atoms with E-state index in [0.29, 0.717) is 18.7 Å². The fourth-order valence-electron chi connectivity index (χ4n) is 2.19. The largest absolute Gasteiger partial charge is 0.374 e. The first-order valence-corrected chi connectivity index (χ1v) is 8.40. The Morgan fingerprint density at radius 3 is 2.60 bits per heavy atom. The minimum absolute atomic E-state index is 0.560. The Kier molecular flexibility index (Phi) is 8.30. The Morgan fingerprint density at radius 1 is 1.30 bits per heavy atom. The van der Waals surface area contributed by atoms with Crippen molar-refractivity contribution in [2.75, 3.05) is 19.7 Å². The fraction of sp³-hybridized carbons (Fsp3) is 0.800. The molecule has 1 aromatic heterocycles. The van der Waals surface area contributed by atoms with Gasteiger partial charge < -0.3 is 10.1 Å². The van der Waals surface area contributed by atoms with Gasteiger partial charge in [-0.1, -0.05) is 6.92 Å². The number of ether oxygens (including phenoxy) is 1. The normalized spacial score (nSPS) is 12.0. The van der Waals surface area contributed by atoms with Crippen LogP contribution in [0.5, 0.6) is 0 Å². The van der Waals surface area contributed by atoms with E-state index >= 15 is 0 Å². The van der Waals surface area contributed by atoms with Crippen molar-refractivity contribution in [3.05, 3.63) is 16.1 Å². The molecule has 1 rings (SSSR count). The van der Waals surface area contributed by atoms with Crippen LogP contribution in [-0.2, 0) is 17.9 Å². The molecule has 0 saturated carbocycles. The Hall–Kier alpha value is -0.490. The number of hydrogen-bond acceptors (Lipinski definition) is 5. The van der Waals surface area contributed by atoms with Gasteiger partial charge in [-0.15, -0.1) is 11.3 Å². The molecule has 1 N–H and O–H groups in total. The van der Waals surface area contributed by atoms with Crippen molar-refractivity contribution < 1.29 is 4.74 Å². The SMILES string of the molecule is CCNCc1nc(COCCN(C(C)C)C(C)C)cs1. The predicted molar refractivity (Wildman–Crippen MR) is 86.1 cm³/mol. The lowest BCUT2D eigenvalue weighted by atomic mass is 10.2. The summed E-state index contributed by atoms with van der Waals surface area (Å²) in [5, 5.41) is 6.51. The molecule has 0 atom stereocenters. The summed E-state index contributed by atoms with van der Waals surface area (Å²) in [4.78, 5) is 6.99. The zero-order chi connectivity index (χ0) is 15.0. The van der Waals surface area contributed by atoms with E-state index in [4.69, 9.17) is 4.74 Å². The molecule has 0 aliphatic heterocycles. The van der Waals surface area contributed by atoms with Gasteiger partial charge in [-0.25, -0.2) is 4.98 Å². The monoisotopic (exact) mass is 299 g/mol. The Morgan fingerprint density at radius 2 is 2.00 bits per heavy atom. The van der Waals surface area contributed by atoms with E-state index in [1.165, 1.54) is 0 Å². The van der Waals surface area contributed by atoms with Gasteiger partial charge in [0.25, 0.3) is 0 Å². The van der Waals surface area contributed by atoms with Crippen LogP contribution >= 0.6 is 11.3 Å². The van der Waals surface area contributed by atoms with Crippen LogP contribution in [0.1, 0.15) is 45.3 Å². The molecule has 20 heavy (non-hydrogen) atoms. The maximum absolute atomic E-state index is 5.75. The quantitative estimate of drug-likeness (QED) is 0.674. The molecule has 0 amide bonds. The summed E-state index contributed by atoms with van der Waals surface area (Å²) >= 11 is 1.70. The van der Waals surface area contributed by atoms with Crippen LogP contribution in [0, 0.1) is 0 Å². The summed E-state index contributed by atoms with van der Waals surface area (Å²) in [6.45, 7) is 15.2. The van der Waals surface area contributed by atoms with Crippen molar-refractivity contribution in [3.63, 3.8) is 0 Å². The molecule has 0 unspecified atom stereocenters. The highest BCUT2D eigenvalue weighted by Crippen LogP contribution is 2.11. The summed E-state index contributed by atoms with van der Waals surface area (Å²) in [6.07, 6.45) is 0. The molecule has 0 radical (unpaired) electrons. The molecule has 0 aliphatic carbocycles. The Balaban J connectivity index is 2.25. The van der Waals surface area contributed by atoms with E-state index in [-0.39, 0.29) is 0 Å². The van der Waals surface area contributed by atoms with Gasteiger partial charge in [-0.05, 0) is 34.2 Å². The molecule has 1 heterocycles. The van der Waals surface area contributed by atoms with E-state index in [2.05, 4.69) is 55.2 Å². The molecule has 1 aromatic rings. The molecule has 116 valence electrons. The van der Waals surface area contributed by atoms with Crippen LogP contribution in [0.3, 0.4) is 0 Å². The van der Waals surface area contributed by atoms with Gasteiger partial charge in [0, 0.05) is 30.6 Å². The van der Waals surface area contributed by atoms with Gasteiger partial charge in [0.2, 0.25) is 0 Å².